The Kier molecular flexibility index (Phi) is 8.13. The first-order valence-electron chi connectivity index (χ1n) is 11.7. The highest BCUT2D eigenvalue weighted by Gasteiger charge is 2.21. The molecule has 4 rings (SSSR count). The zero-order valence-electron chi connectivity index (χ0n) is 20.7. The number of carbonyl (C=O) groups excluding carboxylic acids is 1. The van der Waals surface area contributed by atoms with Gasteiger partial charge in [-0.1, -0.05) is 18.2 Å². The van der Waals surface area contributed by atoms with E-state index in [1.807, 2.05) is 13.0 Å². The number of rotatable bonds is 9. The number of hydrogen-bond donors (Lipinski definition) is 3. The van der Waals surface area contributed by atoms with Gasteiger partial charge < -0.3 is 30.1 Å². The number of aromatic nitrogens is 3. The number of carbonyl (C=O) groups is 1. The summed E-state index contributed by atoms with van der Waals surface area (Å²) >= 11 is 0. The van der Waals surface area contributed by atoms with Crippen molar-refractivity contribution in [3.8, 4) is 11.5 Å². The van der Waals surface area contributed by atoms with Gasteiger partial charge in [-0.25, -0.2) is 0 Å². The van der Waals surface area contributed by atoms with Gasteiger partial charge in [0.2, 0.25) is 11.9 Å². The van der Waals surface area contributed by atoms with Crippen LogP contribution in [0.4, 0.5) is 23.3 Å². The van der Waals surface area contributed by atoms with Gasteiger partial charge in [0, 0.05) is 50.4 Å². The largest absolute Gasteiger partial charge is 0.494 e. The summed E-state index contributed by atoms with van der Waals surface area (Å²) in [4.78, 5) is 30.6. The van der Waals surface area contributed by atoms with Crippen LogP contribution in [-0.2, 0) is 0 Å². The minimum Gasteiger partial charge on any atom is -0.494 e. The van der Waals surface area contributed by atoms with E-state index in [0.717, 1.165) is 26.2 Å². The van der Waals surface area contributed by atoms with Crippen LogP contribution >= 0.6 is 0 Å². The average Bonchev–Trinajstić information content (AvgIpc) is 2.90. The molecule has 0 atom stereocenters. The van der Waals surface area contributed by atoms with Crippen LogP contribution < -0.4 is 25.0 Å². The smallest absolute Gasteiger partial charge is 0.255 e. The molecule has 0 spiro atoms. The number of benzene rings is 2. The molecule has 36 heavy (non-hydrogen) atoms. The molecular weight excluding hydrogens is 462 g/mol. The molecule has 3 aromatic rings. The molecule has 190 valence electrons. The SMILES string of the molecule is COc1cc(Nc2nc(C)nc(N3CCN(CCO)CC3)n2)c(OC)cc1NC(=O)c1ccccc1. The Hall–Kier alpha value is -3.96. The van der Waals surface area contributed by atoms with Crippen LogP contribution in [0, 0.1) is 6.92 Å². The third-order valence-corrected chi connectivity index (χ3v) is 5.86. The highest BCUT2D eigenvalue weighted by atomic mass is 16.5. The maximum Gasteiger partial charge on any atom is 0.255 e. The van der Waals surface area contributed by atoms with Crippen LogP contribution in [0.25, 0.3) is 0 Å². The minimum absolute atomic E-state index is 0.152. The summed E-state index contributed by atoms with van der Waals surface area (Å²) in [5.74, 6) is 2.22. The minimum atomic E-state index is -0.256. The summed E-state index contributed by atoms with van der Waals surface area (Å²) in [7, 11) is 3.08. The van der Waals surface area contributed by atoms with Crippen LogP contribution in [0.1, 0.15) is 16.2 Å². The summed E-state index contributed by atoms with van der Waals surface area (Å²) < 4.78 is 11.1. The second kappa shape index (κ2) is 11.6. The Labute approximate surface area is 210 Å². The van der Waals surface area contributed by atoms with E-state index in [0.29, 0.717) is 52.7 Å². The van der Waals surface area contributed by atoms with E-state index >= 15 is 0 Å². The molecule has 0 saturated carbocycles. The van der Waals surface area contributed by atoms with Gasteiger partial charge in [0.1, 0.15) is 17.3 Å². The fraction of sp³-hybridized carbons (Fsp3) is 0.360. The number of nitrogens with zero attached hydrogens (tertiary/aromatic N) is 5. The number of nitrogens with one attached hydrogen (secondary N) is 2. The molecule has 0 radical (unpaired) electrons. The lowest BCUT2D eigenvalue weighted by Crippen LogP contribution is -2.47. The van der Waals surface area contributed by atoms with E-state index in [-0.39, 0.29) is 12.5 Å². The van der Waals surface area contributed by atoms with Crippen molar-refractivity contribution >= 4 is 29.2 Å². The molecule has 1 amide bonds. The first-order chi connectivity index (χ1) is 17.5. The summed E-state index contributed by atoms with van der Waals surface area (Å²) in [5.41, 5.74) is 1.59. The third-order valence-electron chi connectivity index (χ3n) is 5.86. The fourth-order valence-electron chi connectivity index (χ4n) is 3.98. The molecule has 2 aromatic carbocycles. The third kappa shape index (κ3) is 5.99. The Morgan fingerprint density at radius 3 is 2.31 bits per heavy atom. The molecule has 1 aliphatic rings. The van der Waals surface area contributed by atoms with E-state index in [2.05, 4.69) is 35.4 Å². The Balaban J connectivity index is 1.55. The van der Waals surface area contributed by atoms with Crippen LogP contribution in [0.3, 0.4) is 0 Å². The zero-order valence-corrected chi connectivity index (χ0v) is 20.7. The van der Waals surface area contributed by atoms with Crippen molar-refractivity contribution in [3.05, 3.63) is 53.9 Å². The van der Waals surface area contributed by atoms with Gasteiger partial charge in [-0.05, 0) is 19.1 Å². The van der Waals surface area contributed by atoms with Crippen LogP contribution in [0.15, 0.2) is 42.5 Å². The van der Waals surface area contributed by atoms with Crippen molar-refractivity contribution in [1.29, 1.82) is 0 Å². The van der Waals surface area contributed by atoms with Crippen molar-refractivity contribution in [2.45, 2.75) is 6.92 Å². The highest BCUT2D eigenvalue weighted by molar-refractivity contribution is 6.05. The van der Waals surface area contributed by atoms with Gasteiger partial charge in [-0.15, -0.1) is 0 Å². The summed E-state index contributed by atoms with van der Waals surface area (Å²) in [6, 6.07) is 12.4. The number of hydrogen-bond acceptors (Lipinski definition) is 10. The number of ether oxygens (including phenoxy) is 2. The first-order valence-corrected chi connectivity index (χ1v) is 11.7. The van der Waals surface area contributed by atoms with E-state index in [1.54, 1.807) is 43.5 Å². The molecule has 11 heteroatoms. The standard InChI is InChI=1S/C25H31N7O4/c1-17-26-24(30-25(27-17)32-11-9-31(10-12-32)13-14-33)29-20-16-21(35-2)19(15-22(20)36-3)28-23(34)18-7-5-4-6-8-18/h4-8,15-16,33H,9-14H2,1-3H3,(H,28,34)(H,26,27,29,30). The Morgan fingerprint density at radius 1 is 0.972 bits per heavy atom. The molecule has 1 fully saturated rings. The van der Waals surface area contributed by atoms with E-state index in [1.165, 1.54) is 7.11 Å². The van der Waals surface area contributed by atoms with Crippen molar-refractivity contribution < 1.29 is 19.4 Å². The number of aryl methyl sites for hydroxylation is 1. The number of methoxy groups -OCH3 is 2. The highest BCUT2D eigenvalue weighted by Crippen LogP contribution is 2.37. The number of anilines is 4. The Morgan fingerprint density at radius 2 is 1.64 bits per heavy atom. The molecular formula is C25H31N7O4. The number of piperazine rings is 1. The topological polar surface area (TPSA) is 125 Å². The van der Waals surface area contributed by atoms with Crippen molar-refractivity contribution in [2.75, 3.05) is 69.1 Å². The van der Waals surface area contributed by atoms with Gasteiger partial charge in [0.25, 0.3) is 5.91 Å². The van der Waals surface area contributed by atoms with E-state index in [9.17, 15) is 9.90 Å². The fourth-order valence-corrected chi connectivity index (χ4v) is 3.98. The lowest BCUT2D eigenvalue weighted by atomic mass is 10.2. The monoisotopic (exact) mass is 493 g/mol. The van der Waals surface area contributed by atoms with Gasteiger partial charge in [-0.2, -0.15) is 15.0 Å². The van der Waals surface area contributed by atoms with Gasteiger partial charge >= 0.3 is 0 Å². The van der Waals surface area contributed by atoms with Crippen molar-refractivity contribution in [3.63, 3.8) is 0 Å². The molecule has 3 N–H and O–H groups in total. The maximum absolute atomic E-state index is 12.7. The number of aliphatic hydroxyl groups is 1. The molecule has 0 aliphatic carbocycles. The molecule has 2 heterocycles. The summed E-state index contributed by atoms with van der Waals surface area (Å²) in [6.45, 7) is 5.81. The number of β-amino-alcohol motifs (C(OH)–C–C–N with tert-alkyl or cyclic N) is 1. The van der Waals surface area contributed by atoms with Crippen LogP contribution in [-0.4, -0.2) is 84.4 Å². The van der Waals surface area contributed by atoms with Gasteiger partial charge in [-0.3, -0.25) is 9.69 Å². The molecule has 11 nitrogen and oxygen atoms in total. The summed E-state index contributed by atoms with van der Waals surface area (Å²) in [5, 5.41) is 15.3. The first kappa shape index (κ1) is 25.1. The zero-order chi connectivity index (χ0) is 25.5. The molecule has 1 aliphatic heterocycles. The van der Waals surface area contributed by atoms with E-state index < -0.39 is 0 Å². The molecule has 0 unspecified atom stereocenters. The normalized spacial score (nSPS) is 13.8. The Bertz CT molecular complexity index is 1180. The van der Waals surface area contributed by atoms with Gasteiger partial charge in [0.05, 0.1) is 32.2 Å². The lowest BCUT2D eigenvalue weighted by Gasteiger charge is -2.34. The van der Waals surface area contributed by atoms with Crippen LogP contribution in [0.2, 0.25) is 0 Å². The molecule has 0 bridgehead atoms. The van der Waals surface area contributed by atoms with Gasteiger partial charge in [0.15, 0.2) is 0 Å². The van der Waals surface area contributed by atoms with Crippen molar-refractivity contribution in [2.24, 2.45) is 0 Å². The van der Waals surface area contributed by atoms with E-state index in [4.69, 9.17) is 9.47 Å². The predicted molar refractivity (Wildman–Crippen MR) is 138 cm³/mol. The average molecular weight is 494 g/mol. The quantitative estimate of drug-likeness (QED) is 0.409. The number of amides is 1. The lowest BCUT2D eigenvalue weighted by molar-refractivity contribution is 0.102. The van der Waals surface area contributed by atoms with Crippen molar-refractivity contribution in [1.82, 2.24) is 19.9 Å². The second-order valence-electron chi connectivity index (χ2n) is 8.26. The maximum atomic E-state index is 12.7. The summed E-state index contributed by atoms with van der Waals surface area (Å²) in [6.07, 6.45) is 0. The predicted octanol–water partition coefficient (Wildman–Crippen LogP) is 2.31. The van der Waals surface area contributed by atoms with Crippen LogP contribution in [0.5, 0.6) is 11.5 Å². The molecule has 1 aromatic heterocycles. The second-order valence-corrected chi connectivity index (χ2v) is 8.26. The number of aliphatic hydroxyl groups excluding tert-OH is 1. The molecule has 1 saturated heterocycles.